The number of benzene rings is 2. The molecule has 2 rings (SSSR count). The molecule has 0 heterocycles. The molecular weight excluding hydrogens is 205 g/mol. The van der Waals surface area contributed by atoms with Crippen LogP contribution in [-0.2, 0) is 6.61 Å². The van der Waals surface area contributed by atoms with Gasteiger partial charge in [-0.2, -0.15) is 0 Å². The monoisotopic (exact) mass is 217 g/mol. The van der Waals surface area contributed by atoms with E-state index < -0.39 is 0 Å². The zero-order chi connectivity index (χ0) is 11.4. The molecule has 2 nitrogen and oxygen atoms in total. The molecule has 82 valence electrons. The Balaban J connectivity index is 2.11. The molecule has 0 saturated heterocycles. The predicted molar refractivity (Wildman–Crippen MR) is 61.6 cm³/mol. The third-order valence-corrected chi connectivity index (χ3v) is 2.28. The smallest absolute Gasteiger partial charge is 0.131 e. The van der Waals surface area contributed by atoms with E-state index in [0.717, 1.165) is 0 Å². The van der Waals surface area contributed by atoms with E-state index in [2.05, 4.69) is 0 Å². The van der Waals surface area contributed by atoms with E-state index in [1.807, 2.05) is 30.3 Å². The largest absolute Gasteiger partial charge is 0.489 e. The molecule has 0 atom stereocenters. The third kappa shape index (κ3) is 2.31. The molecule has 0 spiro atoms. The zero-order valence-electron chi connectivity index (χ0n) is 8.69. The van der Waals surface area contributed by atoms with Crippen LogP contribution in [0.15, 0.2) is 48.5 Å². The van der Waals surface area contributed by atoms with Crippen LogP contribution in [0.25, 0.3) is 0 Å². The second-order valence-corrected chi connectivity index (χ2v) is 3.41. The number of nitrogens with two attached hydrogens (primary N) is 1. The maximum absolute atomic E-state index is 13.4. The molecule has 0 aromatic heterocycles. The van der Waals surface area contributed by atoms with Crippen molar-refractivity contribution in [2.45, 2.75) is 6.61 Å². The van der Waals surface area contributed by atoms with Crippen LogP contribution in [0.4, 0.5) is 10.1 Å². The first kappa shape index (κ1) is 10.5. The van der Waals surface area contributed by atoms with E-state index >= 15 is 0 Å². The molecule has 0 aliphatic rings. The van der Waals surface area contributed by atoms with Gasteiger partial charge in [0.05, 0.1) is 0 Å². The quantitative estimate of drug-likeness (QED) is 0.802. The lowest BCUT2D eigenvalue weighted by molar-refractivity contribution is 0.300. The lowest BCUT2D eigenvalue weighted by Crippen LogP contribution is -2.02. The summed E-state index contributed by atoms with van der Waals surface area (Å²) in [5, 5.41) is 0. The lowest BCUT2D eigenvalue weighted by Gasteiger charge is -2.09. The van der Waals surface area contributed by atoms with E-state index in [-0.39, 0.29) is 12.4 Å². The summed E-state index contributed by atoms with van der Waals surface area (Å²) < 4.78 is 18.8. The Hall–Kier alpha value is -2.03. The number of ether oxygens (including phenoxy) is 1. The minimum Gasteiger partial charge on any atom is -0.489 e. The second-order valence-electron chi connectivity index (χ2n) is 3.41. The topological polar surface area (TPSA) is 35.2 Å². The average Bonchev–Trinajstić information content (AvgIpc) is 2.30. The van der Waals surface area contributed by atoms with Crippen molar-refractivity contribution >= 4 is 5.69 Å². The van der Waals surface area contributed by atoms with Gasteiger partial charge >= 0.3 is 0 Å². The first-order valence-corrected chi connectivity index (χ1v) is 4.98. The van der Waals surface area contributed by atoms with Crippen LogP contribution in [0.2, 0.25) is 0 Å². The minimum absolute atomic E-state index is 0.141. The van der Waals surface area contributed by atoms with E-state index in [4.69, 9.17) is 10.5 Å². The molecule has 0 fully saturated rings. The number of nitrogen functional groups attached to an aromatic ring is 1. The molecule has 0 bridgehead atoms. The molecule has 2 N–H and O–H groups in total. The Labute approximate surface area is 93.5 Å². The van der Waals surface area contributed by atoms with Crippen LogP contribution < -0.4 is 10.5 Å². The molecule has 0 saturated carbocycles. The number of rotatable bonds is 3. The fraction of sp³-hybridized carbons (Fsp3) is 0.0769. The van der Waals surface area contributed by atoms with Gasteiger partial charge in [0, 0.05) is 11.3 Å². The number of anilines is 1. The summed E-state index contributed by atoms with van der Waals surface area (Å²) in [5.74, 6) is 0.362. The predicted octanol–water partition coefficient (Wildman–Crippen LogP) is 2.99. The van der Waals surface area contributed by atoms with Crippen LogP contribution in [-0.4, -0.2) is 0 Å². The number of halogens is 1. The molecule has 0 unspecified atom stereocenters. The van der Waals surface area contributed by atoms with Crippen molar-refractivity contribution in [2.24, 2.45) is 0 Å². The Bertz CT molecular complexity index is 450. The van der Waals surface area contributed by atoms with Crippen LogP contribution in [0.5, 0.6) is 5.75 Å². The number of hydrogen-bond acceptors (Lipinski definition) is 2. The summed E-state index contributed by atoms with van der Waals surface area (Å²) >= 11 is 0. The van der Waals surface area contributed by atoms with Gasteiger partial charge < -0.3 is 10.5 Å². The summed E-state index contributed by atoms with van der Waals surface area (Å²) in [6.45, 7) is 0.141. The third-order valence-electron chi connectivity index (χ3n) is 2.28. The van der Waals surface area contributed by atoms with Gasteiger partial charge in [-0.1, -0.05) is 24.3 Å². The van der Waals surface area contributed by atoms with Crippen LogP contribution in [0.1, 0.15) is 5.56 Å². The van der Waals surface area contributed by atoms with Crippen molar-refractivity contribution in [2.75, 3.05) is 5.73 Å². The van der Waals surface area contributed by atoms with Crippen molar-refractivity contribution in [3.05, 3.63) is 59.9 Å². The second kappa shape index (κ2) is 4.66. The summed E-state index contributed by atoms with van der Waals surface area (Å²) in [6.07, 6.45) is 0. The fourth-order valence-corrected chi connectivity index (χ4v) is 1.40. The highest BCUT2D eigenvalue weighted by Gasteiger charge is 2.06. The highest BCUT2D eigenvalue weighted by molar-refractivity contribution is 5.47. The van der Waals surface area contributed by atoms with Crippen molar-refractivity contribution < 1.29 is 9.13 Å². The molecule has 0 amide bonds. The maximum Gasteiger partial charge on any atom is 0.131 e. The van der Waals surface area contributed by atoms with Crippen molar-refractivity contribution in [3.8, 4) is 5.75 Å². The van der Waals surface area contributed by atoms with Crippen LogP contribution in [0.3, 0.4) is 0 Å². The molecular formula is C13H12FNO. The van der Waals surface area contributed by atoms with Gasteiger partial charge in [-0.25, -0.2) is 4.39 Å². The molecule has 2 aromatic carbocycles. The molecule has 0 radical (unpaired) electrons. The fourth-order valence-electron chi connectivity index (χ4n) is 1.40. The van der Waals surface area contributed by atoms with Crippen LogP contribution >= 0.6 is 0 Å². The van der Waals surface area contributed by atoms with E-state index in [1.54, 1.807) is 12.1 Å². The zero-order valence-corrected chi connectivity index (χ0v) is 8.69. The maximum atomic E-state index is 13.4. The van der Waals surface area contributed by atoms with Gasteiger partial charge in [0.2, 0.25) is 0 Å². The number of hydrogen-bond donors (Lipinski definition) is 1. The molecule has 2 aromatic rings. The van der Waals surface area contributed by atoms with E-state index in [0.29, 0.717) is 17.0 Å². The van der Waals surface area contributed by atoms with Crippen molar-refractivity contribution in [1.29, 1.82) is 0 Å². The van der Waals surface area contributed by atoms with Gasteiger partial charge in [-0.05, 0) is 24.3 Å². The van der Waals surface area contributed by atoms with Gasteiger partial charge in [0.15, 0.2) is 0 Å². The standard InChI is InChI=1S/C13H12FNO/c14-12-7-4-8-13(15)11(12)9-16-10-5-2-1-3-6-10/h1-8H,9,15H2. The average molecular weight is 217 g/mol. The van der Waals surface area contributed by atoms with E-state index in [9.17, 15) is 4.39 Å². The summed E-state index contributed by atoms with van der Waals surface area (Å²) in [7, 11) is 0. The van der Waals surface area contributed by atoms with E-state index in [1.165, 1.54) is 6.07 Å². The Morgan fingerprint density at radius 3 is 2.44 bits per heavy atom. The van der Waals surface area contributed by atoms with Gasteiger partial charge in [-0.3, -0.25) is 0 Å². The first-order chi connectivity index (χ1) is 7.77. The Kier molecular flexibility index (Phi) is 3.05. The molecule has 0 aliphatic heterocycles. The normalized spacial score (nSPS) is 10.1. The summed E-state index contributed by atoms with van der Waals surface area (Å²) in [5.41, 5.74) is 6.47. The number of para-hydroxylation sites is 1. The first-order valence-electron chi connectivity index (χ1n) is 4.98. The molecule has 3 heteroatoms. The van der Waals surface area contributed by atoms with Gasteiger partial charge in [0.1, 0.15) is 18.2 Å². The lowest BCUT2D eigenvalue weighted by atomic mass is 10.2. The highest BCUT2D eigenvalue weighted by Crippen LogP contribution is 2.18. The Morgan fingerprint density at radius 1 is 1.00 bits per heavy atom. The molecule has 16 heavy (non-hydrogen) atoms. The summed E-state index contributed by atoms with van der Waals surface area (Å²) in [4.78, 5) is 0. The Morgan fingerprint density at radius 2 is 1.75 bits per heavy atom. The van der Waals surface area contributed by atoms with Crippen LogP contribution in [0, 0.1) is 5.82 Å². The minimum atomic E-state index is -0.337. The molecule has 0 aliphatic carbocycles. The summed E-state index contributed by atoms with van der Waals surface area (Å²) in [6, 6.07) is 13.9. The SMILES string of the molecule is Nc1cccc(F)c1COc1ccccc1. The highest BCUT2D eigenvalue weighted by atomic mass is 19.1. The van der Waals surface area contributed by atoms with Gasteiger partial charge in [0.25, 0.3) is 0 Å². The van der Waals surface area contributed by atoms with Crippen molar-refractivity contribution in [1.82, 2.24) is 0 Å². The van der Waals surface area contributed by atoms with Gasteiger partial charge in [-0.15, -0.1) is 0 Å². The van der Waals surface area contributed by atoms with Crippen molar-refractivity contribution in [3.63, 3.8) is 0 Å².